The Kier molecular flexibility index (Phi) is 4.95. The molecule has 22 heavy (non-hydrogen) atoms. The molecule has 1 saturated carbocycles. The van der Waals surface area contributed by atoms with Gasteiger partial charge in [0.05, 0.1) is 11.1 Å². The maximum atomic E-state index is 12.5. The zero-order chi connectivity index (χ0) is 13.7. The molecule has 0 spiro atoms. The molecule has 6 heteroatoms. The highest BCUT2D eigenvalue weighted by Gasteiger charge is 2.53. The van der Waals surface area contributed by atoms with E-state index in [-0.39, 0.29) is 30.7 Å². The van der Waals surface area contributed by atoms with Gasteiger partial charge in [0.2, 0.25) is 0 Å². The van der Waals surface area contributed by atoms with Crippen LogP contribution in [0.25, 0.3) is 10.9 Å². The van der Waals surface area contributed by atoms with Gasteiger partial charge in [-0.2, -0.15) is 0 Å². The Morgan fingerprint density at radius 2 is 1.91 bits per heavy atom. The number of carbonyl (C=O) groups excluding carboxylic acids is 1. The van der Waals surface area contributed by atoms with E-state index in [1.807, 2.05) is 37.3 Å². The summed E-state index contributed by atoms with van der Waals surface area (Å²) in [6.07, 6.45) is 0. The molecule has 0 radical (unpaired) electrons. The predicted octanol–water partition coefficient (Wildman–Crippen LogP) is 2.33. The molecule has 1 amide bonds. The van der Waals surface area contributed by atoms with E-state index in [4.69, 9.17) is 0 Å². The number of rotatable bonds is 2. The minimum absolute atomic E-state index is 0. The van der Waals surface area contributed by atoms with E-state index in [0.29, 0.717) is 17.9 Å². The summed E-state index contributed by atoms with van der Waals surface area (Å²) in [5.74, 6) is 1.30. The van der Waals surface area contributed by atoms with Crippen LogP contribution in [0.2, 0.25) is 0 Å². The van der Waals surface area contributed by atoms with Crippen LogP contribution in [0.3, 0.4) is 0 Å². The van der Waals surface area contributed by atoms with Crippen LogP contribution in [-0.2, 0) is 0 Å². The van der Waals surface area contributed by atoms with Crippen molar-refractivity contribution >= 4 is 41.6 Å². The second kappa shape index (κ2) is 6.41. The Bertz CT molecular complexity index is 697. The molecule has 1 saturated heterocycles. The normalized spacial score (nSPS) is 24.9. The number of nitrogens with zero attached hydrogens (tertiary/aromatic N) is 1. The van der Waals surface area contributed by atoms with Gasteiger partial charge < -0.3 is 10.6 Å². The van der Waals surface area contributed by atoms with Gasteiger partial charge in [0.15, 0.2) is 0 Å². The Balaban J connectivity index is 0.000000882. The highest BCUT2D eigenvalue weighted by atomic mass is 35.5. The average Bonchev–Trinajstić information content (AvgIpc) is 2.87. The molecule has 1 aromatic carbocycles. The van der Waals surface area contributed by atoms with E-state index < -0.39 is 0 Å². The fraction of sp³-hybridized carbons (Fsp3) is 0.375. The van der Waals surface area contributed by atoms with Gasteiger partial charge >= 0.3 is 0 Å². The average molecular weight is 340 g/mol. The number of pyridine rings is 1. The van der Waals surface area contributed by atoms with Gasteiger partial charge in [-0.25, -0.2) is 0 Å². The topological polar surface area (TPSA) is 54.0 Å². The number of piperidine rings is 1. The van der Waals surface area contributed by atoms with Crippen molar-refractivity contribution in [1.29, 1.82) is 0 Å². The monoisotopic (exact) mass is 339 g/mol. The van der Waals surface area contributed by atoms with Crippen molar-refractivity contribution in [2.75, 3.05) is 13.1 Å². The minimum atomic E-state index is 0. The molecule has 2 heterocycles. The third-order valence-electron chi connectivity index (χ3n) is 4.48. The van der Waals surface area contributed by atoms with Gasteiger partial charge in [-0.3, -0.25) is 9.78 Å². The Morgan fingerprint density at radius 1 is 1.23 bits per heavy atom. The van der Waals surface area contributed by atoms with Gasteiger partial charge in [-0.1, -0.05) is 18.2 Å². The molecule has 0 bridgehead atoms. The maximum absolute atomic E-state index is 12.5. The van der Waals surface area contributed by atoms with E-state index in [1.165, 1.54) is 0 Å². The van der Waals surface area contributed by atoms with Crippen molar-refractivity contribution in [1.82, 2.24) is 15.6 Å². The molecule has 2 aliphatic rings. The Hall–Kier alpha value is -1.36. The van der Waals surface area contributed by atoms with Gasteiger partial charge in [0.1, 0.15) is 0 Å². The molecule has 1 aliphatic carbocycles. The van der Waals surface area contributed by atoms with Crippen molar-refractivity contribution < 1.29 is 4.79 Å². The molecule has 4 rings (SSSR count). The van der Waals surface area contributed by atoms with Crippen LogP contribution in [0.5, 0.6) is 0 Å². The smallest absolute Gasteiger partial charge is 0.252 e. The molecule has 1 aliphatic heterocycles. The summed E-state index contributed by atoms with van der Waals surface area (Å²) >= 11 is 0. The van der Waals surface area contributed by atoms with Crippen molar-refractivity contribution in [2.24, 2.45) is 11.8 Å². The SMILES string of the molecule is Cc1cc(C(=O)NC2C3CNCC32)c2ccccc2n1.Cl.Cl. The van der Waals surface area contributed by atoms with Crippen molar-refractivity contribution in [3.63, 3.8) is 0 Å². The second-order valence-corrected chi connectivity index (χ2v) is 5.81. The van der Waals surface area contributed by atoms with Gasteiger partial charge in [0, 0.05) is 30.2 Å². The highest BCUT2D eigenvalue weighted by molar-refractivity contribution is 6.06. The van der Waals surface area contributed by atoms with Crippen molar-refractivity contribution in [3.8, 4) is 0 Å². The van der Waals surface area contributed by atoms with Crippen LogP contribution in [-0.4, -0.2) is 30.0 Å². The molecule has 2 atom stereocenters. The van der Waals surface area contributed by atoms with Crippen LogP contribution in [0, 0.1) is 18.8 Å². The molecule has 2 aromatic rings. The summed E-state index contributed by atoms with van der Waals surface area (Å²) in [5.41, 5.74) is 2.51. The number of halogens is 2. The number of aromatic nitrogens is 1. The van der Waals surface area contributed by atoms with Crippen LogP contribution in [0.1, 0.15) is 16.1 Å². The fourth-order valence-corrected chi connectivity index (χ4v) is 3.36. The van der Waals surface area contributed by atoms with Gasteiger partial charge in [-0.15, -0.1) is 24.8 Å². The number of hydrogen-bond acceptors (Lipinski definition) is 3. The molecule has 4 nitrogen and oxygen atoms in total. The Morgan fingerprint density at radius 3 is 2.64 bits per heavy atom. The fourth-order valence-electron chi connectivity index (χ4n) is 3.36. The molecule has 1 aromatic heterocycles. The quantitative estimate of drug-likeness (QED) is 0.882. The lowest BCUT2D eigenvalue weighted by Crippen LogP contribution is -2.32. The van der Waals surface area contributed by atoms with E-state index in [2.05, 4.69) is 15.6 Å². The second-order valence-electron chi connectivity index (χ2n) is 5.81. The zero-order valence-corrected chi connectivity index (χ0v) is 13.8. The van der Waals surface area contributed by atoms with Gasteiger partial charge in [0.25, 0.3) is 5.91 Å². The first-order valence-corrected chi connectivity index (χ1v) is 7.12. The lowest BCUT2D eigenvalue weighted by Gasteiger charge is -2.10. The number of fused-ring (bicyclic) bond motifs is 2. The summed E-state index contributed by atoms with van der Waals surface area (Å²) in [5, 5.41) is 7.46. The standard InChI is InChI=1S/C16H17N3O.2ClH/c1-9-6-11(10-4-2-3-5-14(10)18-9)16(20)19-15-12-7-17-8-13(12)15;;/h2-6,12-13,15,17H,7-8H2,1H3,(H,19,20);2*1H. The van der Waals surface area contributed by atoms with Crippen LogP contribution < -0.4 is 10.6 Å². The third kappa shape index (κ3) is 2.78. The number of para-hydroxylation sites is 1. The summed E-state index contributed by atoms with van der Waals surface area (Å²) in [6, 6.07) is 10.1. The maximum Gasteiger partial charge on any atom is 0.252 e. The molecule has 118 valence electrons. The highest BCUT2D eigenvalue weighted by Crippen LogP contribution is 2.41. The van der Waals surface area contributed by atoms with E-state index in [9.17, 15) is 4.79 Å². The first-order chi connectivity index (χ1) is 9.74. The van der Waals surface area contributed by atoms with E-state index in [0.717, 1.165) is 35.2 Å². The van der Waals surface area contributed by atoms with Crippen LogP contribution in [0.4, 0.5) is 0 Å². The van der Waals surface area contributed by atoms with Crippen LogP contribution in [0.15, 0.2) is 30.3 Å². The zero-order valence-electron chi connectivity index (χ0n) is 12.2. The molecular formula is C16H19Cl2N3O. The summed E-state index contributed by atoms with van der Waals surface area (Å²) < 4.78 is 0. The van der Waals surface area contributed by atoms with E-state index in [1.54, 1.807) is 0 Å². The first kappa shape index (κ1) is 17.0. The molecule has 2 N–H and O–H groups in total. The minimum Gasteiger partial charge on any atom is -0.349 e. The number of carbonyl (C=O) groups is 1. The summed E-state index contributed by atoms with van der Waals surface area (Å²) in [4.78, 5) is 17.0. The molecule has 2 unspecified atom stereocenters. The number of aryl methyl sites for hydroxylation is 1. The largest absolute Gasteiger partial charge is 0.349 e. The lowest BCUT2D eigenvalue weighted by molar-refractivity contribution is 0.0948. The van der Waals surface area contributed by atoms with E-state index >= 15 is 0 Å². The number of nitrogens with one attached hydrogen (secondary N) is 2. The van der Waals surface area contributed by atoms with Crippen molar-refractivity contribution in [3.05, 3.63) is 41.6 Å². The molecule has 2 fully saturated rings. The number of benzene rings is 1. The lowest BCUT2D eigenvalue weighted by atomic mass is 10.1. The number of hydrogen-bond donors (Lipinski definition) is 2. The van der Waals surface area contributed by atoms with Crippen LogP contribution >= 0.6 is 24.8 Å². The van der Waals surface area contributed by atoms with Crippen molar-refractivity contribution in [2.45, 2.75) is 13.0 Å². The third-order valence-corrected chi connectivity index (χ3v) is 4.48. The predicted molar refractivity (Wildman–Crippen MR) is 92.1 cm³/mol. The summed E-state index contributed by atoms with van der Waals surface area (Å²) in [7, 11) is 0. The number of amides is 1. The summed E-state index contributed by atoms with van der Waals surface area (Å²) in [6.45, 7) is 4.00. The first-order valence-electron chi connectivity index (χ1n) is 7.12. The van der Waals surface area contributed by atoms with Gasteiger partial charge in [-0.05, 0) is 30.9 Å². The Labute approximate surface area is 141 Å². The molecular weight excluding hydrogens is 321 g/mol.